The van der Waals surface area contributed by atoms with Gasteiger partial charge in [0.05, 0.1) is 19.9 Å². The highest BCUT2D eigenvalue weighted by molar-refractivity contribution is 6.06. The molecule has 0 radical (unpaired) electrons. The van der Waals surface area contributed by atoms with Crippen molar-refractivity contribution < 1.29 is 13.9 Å². The van der Waals surface area contributed by atoms with Gasteiger partial charge in [-0.15, -0.1) is 0 Å². The highest BCUT2D eigenvalue weighted by Crippen LogP contribution is 2.27. The Balaban J connectivity index is 2.19. The maximum Gasteiger partial charge on any atom is 0.330 e. The lowest BCUT2D eigenvalue weighted by atomic mass is 10.1. The first-order chi connectivity index (χ1) is 14.9. The average molecular weight is 426 g/mol. The third-order valence-corrected chi connectivity index (χ3v) is 5.04. The molecule has 0 aliphatic heterocycles. The van der Waals surface area contributed by atoms with Crippen LogP contribution in [-0.2, 0) is 13.1 Å². The number of unbranched alkanes of at least 4 members (excludes halogenated alkanes) is 1. The number of nitrogens with two attached hydrogens (primary N) is 1. The van der Waals surface area contributed by atoms with Crippen LogP contribution >= 0.6 is 0 Å². The summed E-state index contributed by atoms with van der Waals surface area (Å²) in [6, 6.07) is 8.80. The van der Waals surface area contributed by atoms with Crippen LogP contribution in [0, 0.1) is 6.92 Å². The number of aromatic nitrogens is 2. The number of carbonyl (C=O) groups is 1. The molecule has 1 aromatic carbocycles. The molecule has 31 heavy (non-hydrogen) atoms. The molecule has 3 rings (SSSR count). The number of hydrogen-bond donors (Lipinski definition) is 2. The van der Waals surface area contributed by atoms with Gasteiger partial charge in [0.15, 0.2) is 11.4 Å². The van der Waals surface area contributed by atoms with E-state index in [9.17, 15) is 14.4 Å². The van der Waals surface area contributed by atoms with E-state index in [0.717, 1.165) is 6.42 Å². The van der Waals surface area contributed by atoms with Crippen LogP contribution < -0.4 is 26.6 Å². The number of hydrogen-bond acceptors (Lipinski definition) is 6. The third kappa shape index (κ3) is 4.40. The fourth-order valence-electron chi connectivity index (χ4n) is 3.35. The zero-order chi connectivity index (χ0) is 22.5. The fraction of sp³-hybridized carbons (Fsp3) is 0.318. The van der Waals surface area contributed by atoms with E-state index in [-0.39, 0.29) is 23.8 Å². The minimum absolute atomic E-state index is 0.0117. The minimum Gasteiger partial charge on any atom is -0.496 e. The van der Waals surface area contributed by atoms with Gasteiger partial charge in [-0.25, -0.2) is 4.79 Å². The fourth-order valence-corrected chi connectivity index (χ4v) is 3.35. The van der Waals surface area contributed by atoms with Crippen molar-refractivity contribution in [3.05, 3.63) is 74.3 Å². The van der Waals surface area contributed by atoms with Gasteiger partial charge in [-0.3, -0.25) is 24.0 Å². The normalized spacial score (nSPS) is 10.8. The number of carbonyl (C=O) groups excluding carboxylic acids is 1. The summed E-state index contributed by atoms with van der Waals surface area (Å²) < 4.78 is 12.1. The third-order valence-electron chi connectivity index (χ3n) is 5.04. The average Bonchev–Trinajstić information content (AvgIpc) is 3.18. The van der Waals surface area contributed by atoms with Crippen molar-refractivity contribution in [1.82, 2.24) is 9.55 Å². The molecule has 3 N–H and O–H groups in total. The van der Waals surface area contributed by atoms with E-state index in [4.69, 9.17) is 14.9 Å². The molecule has 9 heteroatoms. The number of anilines is 2. The molecule has 0 saturated heterocycles. The highest BCUT2D eigenvalue weighted by Gasteiger charge is 2.29. The Morgan fingerprint density at radius 2 is 2.00 bits per heavy atom. The maximum absolute atomic E-state index is 13.4. The van der Waals surface area contributed by atoms with Crippen LogP contribution in [0.25, 0.3) is 0 Å². The molecule has 0 aliphatic rings. The maximum atomic E-state index is 13.4. The zero-order valence-corrected chi connectivity index (χ0v) is 17.8. The number of amides is 1. The van der Waals surface area contributed by atoms with Crippen LogP contribution in [0.1, 0.15) is 41.4 Å². The molecule has 0 atom stereocenters. The number of aryl methyl sites for hydroxylation is 1. The molecule has 9 nitrogen and oxygen atoms in total. The van der Waals surface area contributed by atoms with E-state index in [1.165, 1.54) is 22.8 Å². The summed E-state index contributed by atoms with van der Waals surface area (Å²) in [5, 5.41) is 0. The van der Waals surface area contributed by atoms with E-state index < -0.39 is 17.2 Å². The number of para-hydroxylation sites is 1. The van der Waals surface area contributed by atoms with Crippen molar-refractivity contribution in [3.8, 4) is 5.75 Å². The summed E-state index contributed by atoms with van der Waals surface area (Å²) in [6.07, 6.45) is 2.92. The van der Waals surface area contributed by atoms with Gasteiger partial charge in [-0.05, 0) is 25.5 Å². The molecule has 0 fully saturated rings. The number of rotatable bonds is 8. The van der Waals surface area contributed by atoms with Crippen LogP contribution in [0.3, 0.4) is 0 Å². The van der Waals surface area contributed by atoms with Crippen molar-refractivity contribution in [1.29, 1.82) is 0 Å². The summed E-state index contributed by atoms with van der Waals surface area (Å²) in [7, 11) is 1.52. The quantitative estimate of drug-likeness (QED) is 0.571. The second kappa shape index (κ2) is 9.38. The first kappa shape index (κ1) is 21.9. The molecular formula is C22H26N4O5. The van der Waals surface area contributed by atoms with E-state index >= 15 is 0 Å². The molecule has 3 aromatic rings. The number of benzene rings is 1. The van der Waals surface area contributed by atoms with Crippen molar-refractivity contribution in [2.24, 2.45) is 0 Å². The van der Waals surface area contributed by atoms with E-state index in [1.54, 1.807) is 37.3 Å². The SMILES string of the molecule is CCCCn1c(N)c(N(Cc2ccccc2OC)C(=O)c2occc2C)c(=O)[nH]c1=O. The van der Waals surface area contributed by atoms with Gasteiger partial charge < -0.3 is 14.9 Å². The van der Waals surface area contributed by atoms with Crippen molar-refractivity contribution in [2.75, 3.05) is 17.7 Å². The second-order valence-corrected chi connectivity index (χ2v) is 7.13. The summed E-state index contributed by atoms with van der Waals surface area (Å²) >= 11 is 0. The first-order valence-corrected chi connectivity index (χ1v) is 9.99. The Morgan fingerprint density at radius 3 is 2.65 bits per heavy atom. The number of ether oxygens (including phenoxy) is 1. The lowest BCUT2D eigenvalue weighted by Gasteiger charge is -2.25. The predicted molar refractivity (Wildman–Crippen MR) is 118 cm³/mol. The van der Waals surface area contributed by atoms with Crippen molar-refractivity contribution in [3.63, 3.8) is 0 Å². The van der Waals surface area contributed by atoms with Crippen LogP contribution in [-0.4, -0.2) is 22.6 Å². The lowest BCUT2D eigenvalue weighted by Crippen LogP contribution is -2.41. The molecular weight excluding hydrogens is 400 g/mol. The smallest absolute Gasteiger partial charge is 0.330 e. The van der Waals surface area contributed by atoms with Crippen LogP contribution in [0.15, 0.2) is 50.6 Å². The number of nitrogens with one attached hydrogen (secondary N) is 1. The molecule has 2 heterocycles. The Bertz CT molecular complexity index is 1190. The van der Waals surface area contributed by atoms with Crippen molar-refractivity contribution >= 4 is 17.4 Å². The Labute approximate surface area is 179 Å². The number of methoxy groups -OCH3 is 1. The number of H-pyrrole nitrogens is 1. The molecule has 0 saturated carbocycles. The van der Waals surface area contributed by atoms with Gasteiger partial charge in [0.1, 0.15) is 11.6 Å². The van der Waals surface area contributed by atoms with Crippen molar-refractivity contribution in [2.45, 2.75) is 39.8 Å². The summed E-state index contributed by atoms with van der Waals surface area (Å²) in [4.78, 5) is 42.1. The van der Waals surface area contributed by atoms with Crippen LogP contribution in [0.4, 0.5) is 11.5 Å². The summed E-state index contributed by atoms with van der Waals surface area (Å²) in [5.41, 5.74) is 6.07. The Morgan fingerprint density at radius 1 is 1.26 bits per heavy atom. The lowest BCUT2D eigenvalue weighted by molar-refractivity contribution is 0.0957. The molecule has 0 bridgehead atoms. The first-order valence-electron chi connectivity index (χ1n) is 9.99. The van der Waals surface area contributed by atoms with Gasteiger partial charge in [-0.1, -0.05) is 31.5 Å². The van der Waals surface area contributed by atoms with Crippen LogP contribution in [0.2, 0.25) is 0 Å². The number of nitrogen functional groups attached to an aromatic ring is 1. The van der Waals surface area contributed by atoms with Gasteiger partial charge >= 0.3 is 5.69 Å². The molecule has 0 unspecified atom stereocenters. The van der Waals surface area contributed by atoms with Gasteiger partial charge in [-0.2, -0.15) is 0 Å². The van der Waals surface area contributed by atoms with E-state index in [1.807, 2.05) is 6.92 Å². The Hall–Kier alpha value is -3.75. The highest BCUT2D eigenvalue weighted by atomic mass is 16.5. The zero-order valence-electron chi connectivity index (χ0n) is 17.8. The van der Waals surface area contributed by atoms with Gasteiger partial charge in [0.2, 0.25) is 0 Å². The molecule has 2 aromatic heterocycles. The molecule has 0 aliphatic carbocycles. The monoisotopic (exact) mass is 426 g/mol. The van der Waals surface area contributed by atoms with Gasteiger partial charge in [0.25, 0.3) is 11.5 Å². The van der Waals surface area contributed by atoms with Gasteiger partial charge in [0, 0.05) is 17.7 Å². The number of aromatic amines is 1. The predicted octanol–water partition coefficient (Wildman–Crippen LogP) is 2.68. The van der Waals surface area contributed by atoms with E-state index in [0.29, 0.717) is 29.8 Å². The summed E-state index contributed by atoms with van der Waals surface area (Å²) in [6.45, 7) is 4.02. The van der Waals surface area contributed by atoms with E-state index in [2.05, 4.69) is 4.98 Å². The molecule has 164 valence electrons. The Kier molecular flexibility index (Phi) is 6.64. The standard InChI is InChI=1S/C22H26N4O5/c1-4-5-11-25-19(23)17(20(27)24-22(25)29)26(21(28)18-14(2)10-12-31-18)13-15-8-6-7-9-16(15)30-3/h6-10,12H,4-5,11,13,23H2,1-3H3,(H,24,27,29). The number of furan rings is 1. The molecule has 0 spiro atoms. The summed E-state index contributed by atoms with van der Waals surface area (Å²) in [5.74, 6) is 0.00623. The largest absolute Gasteiger partial charge is 0.496 e. The second-order valence-electron chi connectivity index (χ2n) is 7.13. The number of nitrogens with zero attached hydrogens (tertiary/aromatic N) is 2. The minimum atomic E-state index is -0.747. The van der Waals surface area contributed by atoms with Crippen LogP contribution in [0.5, 0.6) is 5.75 Å². The topological polar surface area (TPSA) is 124 Å². The molecule has 1 amide bonds.